The van der Waals surface area contributed by atoms with Gasteiger partial charge in [-0.3, -0.25) is 0 Å². The Balaban J connectivity index is 4.35. The Hall–Kier alpha value is 0.491. The van der Waals surface area contributed by atoms with Crippen LogP contribution in [0.3, 0.4) is 0 Å². The molecule has 122 valence electrons. The maximum Gasteiger partial charge on any atom is 0.500 e. The van der Waals surface area contributed by atoms with Gasteiger partial charge in [0.2, 0.25) is 0 Å². The van der Waals surface area contributed by atoms with Crippen molar-refractivity contribution in [2.45, 2.75) is 64.1 Å². The van der Waals surface area contributed by atoms with Crippen molar-refractivity contribution >= 4 is 25.4 Å². The van der Waals surface area contributed by atoms with E-state index < -0.39 is 25.4 Å². The lowest BCUT2D eigenvalue weighted by molar-refractivity contribution is 0.123. The zero-order chi connectivity index (χ0) is 15.9. The smallest absolute Gasteiger partial charge is 0.455 e. The van der Waals surface area contributed by atoms with Crippen molar-refractivity contribution in [2.75, 3.05) is 21.3 Å². The Bertz CT molecular complexity index is 260. The second kappa shape index (κ2) is 8.82. The van der Waals surface area contributed by atoms with Gasteiger partial charge in [-0.15, -0.1) is 0 Å². The maximum atomic E-state index is 6.55. The van der Waals surface area contributed by atoms with Gasteiger partial charge < -0.3 is 17.4 Å². The molecule has 0 aliphatic carbocycles. The molecule has 20 heavy (non-hydrogen) atoms. The van der Waals surface area contributed by atoms with Crippen LogP contribution in [0.1, 0.15) is 19.8 Å². The van der Waals surface area contributed by atoms with Crippen molar-refractivity contribution < 1.29 is 17.4 Å². The van der Waals surface area contributed by atoms with E-state index in [9.17, 15) is 0 Å². The molecular weight excluding hydrogens is 304 g/mol. The highest BCUT2D eigenvalue weighted by Crippen LogP contribution is 2.26. The third kappa shape index (κ3) is 7.49. The van der Waals surface area contributed by atoms with Gasteiger partial charge in [0.15, 0.2) is 16.6 Å². The summed E-state index contributed by atoms with van der Waals surface area (Å²) >= 11 is 0. The van der Waals surface area contributed by atoms with Gasteiger partial charge in [0, 0.05) is 27.4 Å². The first-order valence-electron chi connectivity index (χ1n) is 7.51. The Morgan fingerprint density at radius 3 is 1.55 bits per heavy atom. The zero-order valence-electron chi connectivity index (χ0n) is 14.7. The molecule has 0 atom stereocenters. The van der Waals surface area contributed by atoms with Crippen molar-refractivity contribution in [3.63, 3.8) is 0 Å². The summed E-state index contributed by atoms with van der Waals surface area (Å²) in [6.07, 6.45) is 2.27. The van der Waals surface area contributed by atoms with Crippen LogP contribution in [0.4, 0.5) is 0 Å². The summed E-state index contributed by atoms with van der Waals surface area (Å²) in [7, 11) is -0.461. The van der Waals surface area contributed by atoms with Crippen LogP contribution in [-0.4, -0.2) is 46.8 Å². The van der Waals surface area contributed by atoms with Gasteiger partial charge >= 0.3 is 8.80 Å². The molecule has 0 bridgehead atoms. The SMILES string of the molecule is CCC[Si](C)(C)O[Si](C)(C)CCC[Si](OC)(OC)OC. The molecule has 0 fully saturated rings. The standard InChI is InChI=1S/C13H34O4Si3/c1-9-11-18(5,6)17-19(7,8)12-10-13-20(14-2,15-3)16-4/h9-13H2,1-8H3. The molecule has 0 aliphatic rings. The first-order valence-corrected chi connectivity index (χ1v) is 15.7. The van der Waals surface area contributed by atoms with Crippen LogP contribution in [0.15, 0.2) is 0 Å². The fourth-order valence-corrected chi connectivity index (χ4v) is 13.8. The highest BCUT2D eigenvalue weighted by Gasteiger charge is 2.39. The molecule has 0 spiro atoms. The molecule has 0 aliphatic heterocycles. The monoisotopic (exact) mass is 338 g/mol. The van der Waals surface area contributed by atoms with E-state index in [2.05, 4.69) is 33.1 Å². The highest BCUT2D eigenvalue weighted by molar-refractivity contribution is 6.84. The zero-order valence-corrected chi connectivity index (χ0v) is 17.7. The predicted octanol–water partition coefficient (Wildman–Crippen LogP) is 4.09. The van der Waals surface area contributed by atoms with E-state index in [1.807, 2.05) is 0 Å². The number of hydrogen-bond acceptors (Lipinski definition) is 4. The summed E-state index contributed by atoms with van der Waals surface area (Å²) in [5.41, 5.74) is 0. The second-order valence-electron chi connectivity index (χ2n) is 6.52. The Morgan fingerprint density at radius 2 is 1.15 bits per heavy atom. The number of rotatable bonds is 11. The molecule has 0 heterocycles. The normalized spacial score (nSPS) is 13.8. The van der Waals surface area contributed by atoms with Crippen molar-refractivity contribution in [1.29, 1.82) is 0 Å². The van der Waals surface area contributed by atoms with Crippen LogP contribution in [0.2, 0.25) is 44.3 Å². The summed E-state index contributed by atoms with van der Waals surface area (Å²) in [5, 5.41) is 0. The number of hydrogen-bond donors (Lipinski definition) is 0. The topological polar surface area (TPSA) is 36.9 Å². The van der Waals surface area contributed by atoms with E-state index in [-0.39, 0.29) is 0 Å². The van der Waals surface area contributed by atoms with Gasteiger partial charge in [-0.2, -0.15) is 0 Å². The molecule has 0 aromatic heterocycles. The summed E-state index contributed by atoms with van der Waals surface area (Å²) in [4.78, 5) is 0. The van der Waals surface area contributed by atoms with Gasteiger partial charge in [0.25, 0.3) is 0 Å². The fourth-order valence-electron chi connectivity index (χ4n) is 2.74. The third-order valence-corrected chi connectivity index (χ3v) is 14.1. The van der Waals surface area contributed by atoms with E-state index in [1.54, 1.807) is 21.3 Å². The summed E-state index contributed by atoms with van der Waals surface area (Å²) in [6.45, 7) is 11.6. The van der Waals surface area contributed by atoms with Crippen molar-refractivity contribution in [1.82, 2.24) is 0 Å². The molecule has 0 unspecified atom stereocenters. The van der Waals surface area contributed by atoms with E-state index >= 15 is 0 Å². The maximum absolute atomic E-state index is 6.55. The second-order valence-corrected chi connectivity index (χ2v) is 18.5. The minimum absolute atomic E-state index is 0.867. The van der Waals surface area contributed by atoms with Crippen LogP contribution in [0.5, 0.6) is 0 Å². The van der Waals surface area contributed by atoms with E-state index in [1.165, 1.54) is 12.5 Å². The van der Waals surface area contributed by atoms with Crippen LogP contribution >= 0.6 is 0 Å². The minimum Gasteiger partial charge on any atom is -0.455 e. The quantitative estimate of drug-likeness (QED) is 0.532. The lowest BCUT2D eigenvalue weighted by Gasteiger charge is -2.34. The third-order valence-electron chi connectivity index (χ3n) is 3.60. The van der Waals surface area contributed by atoms with E-state index in [4.69, 9.17) is 17.4 Å². The minimum atomic E-state index is -2.41. The van der Waals surface area contributed by atoms with E-state index in [0.717, 1.165) is 18.5 Å². The van der Waals surface area contributed by atoms with Gasteiger partial charge in [0.1, 0.15) is 0 Å². The molecular formula is C13H34O4Si3. The Kier molecular flexibility index (Phi) is 9.03. The van der Waals surface area contributed by atoms with Gasteiger partial charge in [-0.05, 0) is 44.7 Å². The average molecular weight is 339 g/mol. The van der Waals surface area contributed by atoms with Crippen LogP contribution in [0.25, 0.3) is 0 Å². The Labute approximate surface area is 128 Å². The molecule has 0 saturated carbocycles. The average Bonchev–Trinajstić information content (AvgIpc) is 2.33. The van der Waals surface area contributed by atoms with Crippen molar-refractivity contribution in [2.24, 2.45) is 0 Å². The molecule has 0 saturated heterocycles. The highest BCUT2D eigenvalue weighted by atomic mass is 28.4. The summed E-state index contributed by atoms with van der Waals surface area (Å²) in [5.74, 6) is 0. The lowest BCUT2D eigenvalue weighted by Crippen LogP contribution is -2.45. The summed E-state index contributed by atoms with van der Waals surface area (Å²) in [6, 6.07) is 3.25. The largest absolute Gasteiger partial charge is 0.500 e. The molecule has 4 nitrogen and oxygen atoms in total. The lowest BCUT2D eigenvalue weighted by atomic mass is 10.6. The van der Waals surface area contributed by atoms with Crippen molar-refractivity contribution in [3.05, 3.63) is 0 Å². The van der Waals surface area contributed by atoms with Crippen LogP contribution in [0, 0.1) is 0 Å². The molecule has 7 heteroatoms. The first-order chi connectivity index (χ1) is 9.16. The molecule has 0 radical (unpaired) electrons. The predicted molar refractivity (Wildman–Crippen MR) is 92.2 cm³/mol. The first kappa shape index (κ1) is 20.5. The molecule has 0 amide bonds. The fraction of sp³-hybridized carbons (Fsp3) is 1.00. The molecule has 0 aromatic rings. The van der Waals surface area contributed by atoms with Gasteiger partial charge in [-0.25, -0.2) is 0 Å². The van der Waals surface area contributed by atoms with Gasteiger partial charge in [0.05, 0.1) is 0 Å². The van der Waals surface area contributed by atoms with Crippen molar-refractivity contribution in [3.8, 4) is 0 Å². The molecule has 0 N–H and O–H groups in total. The van der Waals surface area contributed by atoms with Gasteiger partial charge in [-0.1, -0.05) is 13.3 Å². The Morgan fingerprint density at radius 1 is 0.700 bits per heavy atom. The van der Waals surface area contributed by atoms with Crippen LogP contribution in [-0.2, 0) is 17.4 Å². The molecule has 0 rings (SSSR count). The summed E-state index contributed by atoms with van der Waals surface area (Å²) < 4.78 is 23.0. The molecule has 0 aromatic carbocycles. The van der Waals surface area contributed by atoms with Crippen LogP contribution < -0.4 is 0 Å². The van der Waals surface area contributed by atoms with E-state index in [0.29, 0.717) is 0 Å².